The molecule has 3 N–H and O–H groups in total. The number of para-hydroxylation sites is 1. The van der Waals surface area contributed by atoms with E-state index in [4.69, 9.17) is 16.3 Å². The van der Waals surface area contributed by atoms with Crippen LogP contribution >= 0.6 is 23.4 Å². The smallest absolute Gasteiger partial charge is 0.416 e. The number of halogens is 4. The third kappa shape index (κ3) is 9.38. The van der Waals surface area contributed by atoms with Crippen LogP contribution in [0.25, 0.3) is 6.08 Å². The van der Waals surface area contributed by atoms with E-state index in [0.717, 1.165) is 30.0 Å². The van der Waals surface area contributed by atoms with Crippen LogP contribution in [-0.4, -0.2) is 29.6 Å². The zero-order chi connectivity index (χ0) is 33.3. The molecule has 4 aromatic carbocycles. The average molecular weight is 668 g/mol. The standard InChI is InChI=1S/C34H29ClF3N3O4S/c1-3-45-30-15-8-7-12-23(30)18-29(41-32(43)22-10-5-4-6-11-22)33(44)39-25-13-9-14-26(20-25)46-21(2)31(42)40-28-19-24(34(36,37)38)16-17-27(28)35/h4-21H,3H2,1-2H3,(H,39,44)(H,40,42)(H,41,43)/b29-18+. The Hall–Kier alpha value is -4.74. The number of rotatable bonds is 11. The van der Waals surface area contributed by atoms with Gasteiger partial charge in [-0.05, 0) is 74.5 Å². The number of alkyl halides is 3. The third-order valence-corrected chi connectivity index (χ3v) is 7.80. The van der Waals surface area contributed by atoms with Crippen molar-refractivity contribution in [3.8, 4) is 5.75 Å². The molecule has 238 valence electrons. The van der Waals surface area contributed by atoms with Gasteiger partial charge in [0.1, 0.15) is 11.4 Å². The fourth-order valence-electron chi connectivity index (χ4n) is 4.12. The zero-order valence-corrected chi connectivity index (χ0v) is 26.2. The largest absolute Gasteiger partial charge is 0.493 e. The molecule has 0 heterocycles. The van der Waals surface area contributed by atoms with Crippen molar-refractivity contribution in [1.29, 1.82) is 0 Å². The second-order valence-corrected chi connectivity index (χ2v) is 11.6. The van der Waals surface area contributed by atoms with E-state index >= 15 is 0 Å². The molecule has 0 saturated carbocycles. The molecule has 0 radical (unpaired) electrons. The summed E-state index contributed by atoms with van der Waals surface area (Å²) >= 11 is 7.15. The predicted octanol–water partition coefficient (Wildman–Crippen LogP) is 8.29. The number of ether oxygens (including phenoxy) is 1. The van der Waals surface area contributed by atoms with E-state index in [9.17, 15) is 27.6 Å². The van der Waals surface area contributed by atoms with E-state index in [1.807, 2.05) is 6.92 Å². The van der Waals surface area contributed by atoms with Gasteiger partial charge < -0.3 is 20.7 Å². The van der Waals surface area contributed by atoms with Crippen LogP contribution in [0.1, 0.15) is 35.3 Å². The van der Waals surface area contributed by atoms with Crippen LogP contribution in [-0.2, 0) is 15.8 Å². The summed E-state index contributed by atoms with van der Waals surface area (Å²) in [7, 11) is 0. The quantitative estimate of drug-likeness (QED) is 0.111. The first-order valence-electron chi connectivity index (χ1n) is 14.0. The minimum Gasteiger partial charge on any atom is -0.493 e. The van der Waals surface area contributed by atoms with E-state index in [1.54, 1.807) is 85.8 Å². The maximum Gasteiger partial charge on any atom is 0.416 e. The van der Waals surface area contributed by atoms with Gasteiger partial charge in [-0.25, -0.2) is 0 Å². The van der Waals surface area contributed by atoms with Gasteiger partial charge in [0, 0.05) is 21.7 Å². The lowest BCUT2D eigenvalue weighted by atomic mass is 10.1. The molecule has 4 rings (SSSR count). The first-order chi connectivity index (χ1) is 21.9. The van der Waals surface area contributed by atoms with Crippen molar-refractivity contribution in [3.05, 3.63) is 124 Å². The number of benzene rings is 4. The number of amides is 3. The first-order valence-corrected chi connectivity index (χ1v) is 15.3. The van der Waals surface area contributed by atoms with E-state index in [0.29, 0.717) is 34.1 Å². The minimum absolute atomic E-state index is 0.0321. The van der Waals surface area contributed by atoms with Crippen molar-refractivity contribution in [1.82, 2.24) is 5.32 Å². The van der Waals surface area contributed by atoms with E-state index in [1.165, 1.54) is 6.08 Å². The molecule has 12 heteroatoms. The number of thioether (sulfide) groups is 1. The second kappa shape index (κ2) is 15.5. The lowest BCUT2D eigenvalue weighted by molar-refractivity contribution is -0.137. The molecule has 0 aliphatic rings. The van der Waals surface area contributed by atoms with Crippen molar-refractivity contribution < 1.29 is 32.3 Å². The van der Waals surface area contributed by atoms with E-state index in [-0.39, 0.29) is 16.4 Å². The summed E-state index contributed by atoms with van der Waals surface area (Å²) in [5.41, 5.74) is 0.180. The Kier molecular flexibility index (Phi) is 11.5. The molecule has 0 aliphatic heterocycles. The summed E-state index contributed by atoms with van der Waals surface area (Å²) < 4.78 is 45.1. The van der Waals surface area contributed by atoms with Crippen LogP contribution in [0.2, 0.25) is 5.02 Å². The fourth-order valence-corrected chi connectivity index (χ4v) is 5.21. The third-order valence-electron chi connectivity index (χ3n) is 6.37. The maximum atomic E-state index is 13.5. The van der Waals surface area contributed by atoms with Crippen molar-refractivity contribution in [2.45, 2.75) is 30.2 Å². The molecule has 4 aromatic rings. The lowest BCUT2D eigenvalue weighted by Gasteiger charge is -2.16. The Morgan fingerprint density at radius 2 is 1.63 bits per heavy atom. The van der Waals surface area contributed by atoms with Crippen molar-refractivity contribution in [2.75, 3.05) is 17.2 Å². The fraction of sp³-hybridized carbons (Fsp3) is 0.147. The van der Waals surface area contributed by atoms with Crippen LogP contribution in [0.15, 0.2) is 108 Å². The Morgan fingerprint density at radius 1 is 0.913 bits per heavy atom. The highest BCUT2D eigenvalue weighted by Gasteiger charge is 2.31. The average Bonchev–Trinajstić information content (AvgIpc) is 3.02. The molecular weight excluding hydrogens is 639 g/mol. The molecule has 0 saturated heterocycles. The van der Waals surface area contributed by atoms with Gasteiger partial charge in [-0.1, -0.05) is 54.1 Å². The highest BCUT2D eigenvalue weighted by molar-refractivity contribution is 8.00. The van der Waals surface area contributed by atoms with Crippen LogP contribution in [0.3, 0.4) is 0 Å². The molecule has 1 atom stereocenters. The molecule has 3 amide bonds. The predicted molar refractivity (Wildman–Crippen MR) is 175 cm³/mol. The molecule has 0 spiro atoms. The summed E-state index contributed by atoms with van der Waals surface area (Å²) in [4.78, 5) is 40.0. The Bertz CT molecular complexity index is 1750. The summed E-state index contributed by atoms with van der Waals surface area (Å²) in [5, 5.41) is 7.15. The van der Waals surface area contributed by atoms with Gasteiger partial charge in [-0.2, -0.15) is 13.2 Å². The van der Waals surface area contributed by atoms with E-state index in [2.05, 4.69) is 16.0 Å². The number of carbonyl (C=O) groups excluding carboxylic acids is 3. The maximum absolute atomic E-state index is 13.5. The number of hydrogen-bond acceptors (Lipinski definition) is 5. The van der Waals surface area contributed by atoms with Gasteiger partial charge >= 0.3 is 6.18 Å². The highest BCUT2D eigenvalue weighted by Crippen LogP contribution is 2.34. The molecule has 0 bridgehead atoms. The molecule has 46 heavy (non-hydrogen) atoms. The monoisotopic (exact) mass is 667 g/mol. The molecular formula is C34H29ClF3N3O4S. The van der Waals surface area contributed by atoms with Gasteiger partial charge in [0.25, 0.3) is 11.8 Å². The van der Waals surface area contributed by atoms with Gasteiger partial charge in [0.05, 0.1) is 28.1 Å². The van der Waals surface area contributed by atoms with E-state index < -0.39 is 34.7 Å². The van der Waals surface area contributed by atoms with Crippen molar-refractivity contribution in [3.63, 3.8) is 0 Å². The molecule has 7 nitrogen and oxygen atoms in total. The highest BCUT2D eigenvalue weighted by atomic mass is 35.5. The first kappa shape index (κ1) is 34.1. The molecule has 1 unspecified atom stereocenters. The number of carbonyl (C=O) groups is 3. The minimum atomic E-state index is -4.60. The summed E-state index contributed by atoms with van der Waals surface area (Å²) in [5.74, 6) is -1.13. The number of hydrogen-bond donors (Lipinski definition) is 3. The van der Waals surface area contributed by atoms with Crippen molar-refractivity contribution >= 4 is 58.5 Å². The topological polar surface area (TPSA) is 96.5 Å². The molecule has 0 fully saturated rings. The lowest BCUT2D eigenvalue weighted by Crippen LogP contribution is -2.30. The van der Waals surface area contributed by atoms with Gasteiger partial charge in [-0.3, -0.25) is 14.4 Å². The van der Waals surface area contributed by atoms with Crippen LogP contribution in [0.4, 0.5) is 24.5 Å². The Labute approximate surface area is 273 Å². The SMILES string of the molecule is CCOc1ccccc1/C=C(/NC(=O)c1ccccc1)C(=O)Nc1cccc(SC(C)C(=O)Nc2cc(C(F)(F)F)ccc2Cl)c1. The van der Waals surface area contributed by atoms with Crippen LogP contribution in [0.5, 0.6) is 5.75 Å². The summed E-state index contributed by atoms with van der Waals surface area (Å²) in [6.45, 7) is 3.82. The normalized spacial score (nSPS) is 12.2. The van der Waals surface area contributed by atoms with Crippen LogP contribution < -0.4 is 20.7 Å². The van der Waals surface area contributed by atoms with Crippen molar-refractivity contribution in [2.24, 2.45) is 0 Å². The number of anilines is 2. The molecule has 0 aliphatic carbocycles. The molecule has 0 aromatic heterocycles. The van der Waals surface area contributed by atoms with Gasteiger partial charge in [-0.15, -0.1) is 11.8 Å². The Balaban J connectivity index is 1.51. The number of nitrogens with one attached hydrogen (secondary N) is 3. The summed E-state index contributed by atoms with van der Waals surface area (Å²) in [6.07, 6.45) is -3.08. The summed E-state index contributed by atoms with van der Waals surface area (Å²) in [6, 6.07) is 24.9. The zero-order valence-electron chi connectivity index (χ0n) is 24.7. The van der Waals surface area contributed by atoms with Crippen LogP contribution in [0, 0.1) is 0 Å². The van der Waals surface area contributed by atoms with Gasteiger partial charge in [0.15, 0.2) is 0 Å². The second-order valence-electron chi connectivity index (χ2n) is 9.77. The Morgan fingerprint density at radius 3 is 2.35 bits per heavy atom. The van der Waals surface area contributed by atoms with Gasteiger partial charge in [0.2, 0.25) is 5.91 Å².